The Kier molecular flexibility index (Phi) is 5.17. The zero-order valence-electron chi connectivity index (χ0n) is 13.1. The molecule has 2 saturated heterocycles. The van der Waals surface area contributed by atoms with Crippen molar-refractivity contribution in [1.29, 1.82) is 0 Å². The lowest BCUT2D eigenvalue weighted by Crippen LogP contribution is -2.41. The van der Waals surface area contributed by atoms with E-state index in [1.54, 1.807) is 18.2 Å². The highest BCUT2D eigenvalue weighted by Crippen LogP contribution is 2.33. The van der Waals surface area contributed by atoms with E-state index in [-0.39, 0.29) is 17.8 Å². The van der Waals surface area contributed by atoms with Crippen molar-refractivity contribution in [1.82, 2.24) is 5.32 Å². The fraction of sp³-hybridized carbons (Fsp3) is 0.533. The number of sulfonamides is 1. The highest BCUT2D eigenvalue weighted by atomic mass is 35.5. The first-order valence-corrected chi connectivity index (χ1v) is 9.90. The molecule has 1 aromatic rings. The van der Waals surface area contributed by atoms with Gasteiger partial charge < -0.3 is 15.4 Å². The van der Waals surface area contributed by atoms with Crippen molar-refractivity contribution in [2.24, 2.45) is 0 Å². The lowest BCUT2D eigenvalue weighted by Gasteiger charge is -2.23. The molecular formula is C15H20ClN3O4S. The summed E-state index contributed by atoms with van der Waals surface area (Å²) in [5.74, 6) is 0.136. The lowest BCUT2D eigenvalue weighted by molar-refractivity contribution is 0.0806. The summed E-state index contributed by atoms with van der Waals surface area (Å²) >= 11 is 6.22. The Labute approximate surface area is 146 Å². The van der Waals surface area contributed by atoms with E-state index in [0.717, 1.165) is 12.8 Å². The SMILES string of the molecule is O=C(Nc1ccc(N2CCCS2(=O)=O)c(Cl)c1)NC1CCOCC1. The Morgan fingerprint density at radius 1 is 1.29 bits per heavy atom. The number of nitrogens with one attached hydrogen (secondary N) is 2. The molecule has 0 bridgehead atoms. The predicted molar refractivity (Wildman–Crippen MR) is 93.2 cm³/mol. The number of hydrogen-bond acceptors (Lipinski definition) is 4. The molecule has 2 N–H and O–H groups in total. The smallest absolute Gasteiger partial charge is 0.319 e. The van der Waals surface area contributed by atoms with Crippen LogP contribution in [0.15, 0.2) is 18.2 Å². The average molecular weight is 374 g/mol. The van der Waals surface area contributed by atoms with Crippen LogP contribution in [-0.2, 0) is 14.8 Å². The molecular weight excluding hydrogens is 354 g/mol. The number of hydrogen-bond donors (Lipinski definition) is 2. The summed E-state index contributed by atoms with van der Waals surface area (Å²) in [7, 11) is -3.28. The van der Waals surface area contributed by atoms with Gasteiger partial charge in [0.15, 0.2) is 0 Å². The topological polar surface area (TPSA) is 87.7 Å². The number of halogens is 1. The van der Waals surface area contributed by atoms with Gasteiger partial charge in [-0.1, -0.05) is 11.6 Å². The van der Waals surface area contributed by atoms with Gasteiger partial charge in [-0.05, 0) is 37.5 Å². The first kappa shape index (κ1) is 17.3. The quantitative estimate of drug-likeness (QED) is 0.850. The van der Waals surface area contributed by atoms with Gasteiger partial charge in [0.05, 0.1) is 16.5 Å². The zero-order chi connectivity index (χ0) is 17.2. The first-order chi connectivity index (χ1) is 11.5. The molecule has 2 amide bonds. The Morgan fingerprint density at radius 2 is 2.04 bits per heavy atom. The highest BCUT2D eigenvalue weighted by molar-refractivity contribution is 7.93. The van der Waals surface area contributed by atoms with E-state index in [1.807, 2.05) is 0 Å². The van der Waals surface area contributed by atoms with Crippen LogP contribution in [0.5, 0.6) is 0 Å². The first-order valence-electron chi connectivity index (χ1n) is 7.91. The van der Waals surface area contributed by atoms with Gasteiger partial charge in [-0.25, -0.2) is 13.2 Å². The summed E-state index contributed by atoms with van der Waals surface area (Å²) < 4.78 is 30.5. The van der Waals surface area contributed by atoms with Gasteiger partial charge in [0.2, 0.25) is 10.0 Å². The molecule has 2 aliphatic heterocycles. The Bertz CT molecular complexity index is 719. The van der Waals surface area contributed by atoms with Gasteiger partial charge in [0.25, 0.3) is 0 Å². The van der Waals surface area contributed by atoms with Gasteiger partial charge in [-0.3, -0.25) is 4.31 Å². The predicted octanol–water partition coefficient (Wildman–Crippen LogP) is 2.18. The van der Waals surface area contributed by atoms with Crippen LogP contribution in [0.2, 0.25) is 5.02 Å². The lowest BCUT2D eigenvalue weighted by atomic mass is 10.1. The largest absolute Gasteiger partial charge is 0.381 e. The van der Waals surface area contributed by atoms with Crippen molar-refractivity contribution in [2.75, 3.05) is 35.1 Å². The van der Waals surface area contributed by atoms with Gasteiger partial charge in [-0.2, -0.15) is 0 Å². The monoisotopic (exact) mass is 373 g/mol. The van der Waals surface area contributed by atoms with Crippen molar-refractivity contribution in [3.05, 3.63) is 23.2 Å². The summed E-state index contributed by atoms with van der Waals surface area (Å²) in [5.41, 5.74) is 0.967. The third-order valence-corrected chi connectivity index (χ3v) is 6.29. The number of benzene rings is 1. The molecule has 1 aromatic carbocycles. The second-order valence-corrected chi connectivity index (χ2v) is 8.31. The Morgan fingerprint density at radius 3 is 2.67 bits per heavy atom. The highest BCUT2D eigenvalue weighted by Gasteiger charge is 2.29. The number of nitrogens with zero attached hydrogens (tertiary/aromatic N) is 1. The summed E-state index contributed by atoms with van der Waals surface area (Å²) in [6.07, 6.45) is 2.17. The van der Waals surface area contributed by atoms with Crippen LogP contribution in [-0.4, -0.2) is 46.0 Å². The fourth-order valence-electron chi connectivity index (χ4n) is 2.89. The van der Waals surface area contributed by atoms with Crippen LogP contribution >= 0.6 is 11.6 Å². The van der Waals surface area contributed by atoms with Crippen LogP contribution in [0.4, 0.5) is 16.2 Å². The number of anilines is 2. The van der Waals surface area contributed by atoms with Gasteiger partial charge >= 0.3 is 6.03 Å². The number of urea groups is 1. The van der Waals surface area contributed by atoms with Crippen LogP contribution in [0.1, 0.15) is 19.3 Å². The average Bonchev–Trinajstić information content (AvgIpc) is 2.87. The minimum atomic E-state index is -3.28. The maximum absolute atomic E-state index is 12.0. The normalized spacial score (nSPS) is 20.8. The van der Waals surface area contributed by atoms with Gasteiger partial charge in [0.1, 0.15) is 0 Å². The molecule has 24 heavy (non-hydrogen) atoms. The number of rotatable bonds is 3. The molecule has 2 heterocycles. The molecule has 7 nitrogen and oxygen atoms in total. The fourth-order valence-corrected chi connectivity index (χ4v) is 4.80. The van der Waals surface area contributed by atoms with E-state index in [9.17, 15) is 13.2 Å². The van der Waals surface area contributed by atoms with Crippen molar-refractivity contribution in [3.63, 3.8) is 0 Å². The molecule has 2 fully saturated rings. The standard InChI is InChI=1S/C15H20ClN3O4S/c16-13-10-12(18-15(20)17-11-4-7-23-8-5-11)2-3-14(13)19-6-1-9-24(19,21)22/h2-3,10-11H,1,4-9H2,(H2,17,18,20). The van der Waals surface area contributed by atoms with Crippen molar-refractivity contribution in [3.8, 4) is 0 Å². The molecule has 0 spiro atoms. The Hall–Kier alpha value is -1.51. The number of carbonyl (C=O) groups excluding carboxylic acids is 1. The van der Waals surface area contributed by atoms with Gasteiger partial charge in [-0.15, -0.1) is 0 Å². The van der Waals surface area contributed by atoms with E-state index < -0.39 is 10.0 Å². The van der Waals surface area contributed by atoms with E-state index in [0.29, 0.717) is 42.6 Å². The van der Waals surface area contributed by atoms with E-state index in [4.69, 9.17) is 16.3 Å². The number of carbonyl (C=O) groups is 1. The van der Waals surface area contributed by atoms with Crippen molar-refractivity contribution in [2.45, 2.75) is 25.3 Å². The molecule has 0 saturated carbocycles. The second-order valence-electron chi connectivity index (χ2n) is 5.89. The molecule has 0 unspecified atom stereocenters. The van der Waals surface area contributed by atoms with Crippen LogP contribution in [0.25, 0.3) is 0 Å². The van der Waals surface area contributed by atoms with Crippen molar-refractivity contribution < 1.29 is 17.9 Å². The summed E-state index contributed by atoms with van der Waals surface area (Å²) in [6, 6.07) is 4.63. The Balaban J connectivity index is 1.65. The van der Waals surface area contributed by atoms with Crippen LogP contribution < -0.4 is 14.9 Å². The third-order valence-electron chi connectivity index (χ3n) is 4.13. The number of amides is 2. The molecule has 0 atom stereocenters. The van der Waals surface area contributed by atoms with Crippen LogP contribution in [0, 0.1) is 0 Å². The van der Waals surface area contributed by atoms with E-state index in [1.165, 1.54) is 4.31 Å². The maximum Gasteiger partial charge on any atom is 0.319 e. The number of ether oxygens (including phenoxy) is 1. The minimum Gasteiger partial charge on any atom is -0.381 e. The summed E-state index contributed by atoms with van der Waals surface area (Å²) in [4.78, 5) is 12.0. The zero-order valence-corrected chi connectivity index (χ0v) is 14.7. The molecule has 2 aliphatic rings. The molecule has 132 valence electrons. The molecule has 0 radical (unpaired) electrons. The summed E-state index contributed by atoms with van der Waals surface area (Å²) in [5, 5.41) is 5.91. The minimum absolute atomic E-state index is 0.100. The molecule has 3 rings (SSSR count). The van der Waals surface area contributed by atoms with E-state index in [2.05, 4.69) is 10.6 Å². The van der Waals surface area contributed by atoms with Gasteiger partial charge in [0, 0.05) is 31.5 Å². The molecule has 0 aliphatic carbocycles. The van der Waals surface area contributed by atoms with Crippen LogP contribution in [0.3, 0.4) is 0 Å². The summed E-state index contributed by atoms with van der Waals surface area (Å²) in [6.45, 7) is 1.73. The second kappa shape index (κ2) is 7.16. The maximum atomic E-state index is 12.0. The van der Waals surface area contributed by atoms with E-state index >= 15 is 0 Å². The third kappa shape index (κ3) is 3.93. The molecule has 0 aromatic heterocycles. The van der Waals surface area contributed by atoms with Crippen molar-refractivity contribution >= 4 is 39.0 Å². The molecule has 9 heteroatoms.